The van der Waals surface area contributed by atoms with E-state index in [0.29, 0.717) is 0 Å². The number of nitrogens with zero attached hydrogens (tertiary/aromatic N) is 1. The van der Waals surface area contributed by atoms with Gasteiger partial charge in [0, 0.05) is 11.4 Å². The van der Waals surface area contributed by atoms with Crippen LogP contribution < -0.4 is 0 Å². The number of halogens is 3. The van der Waals surface area contributed by atoms with Gasteiger partial charge in [-0.1, -0.05) is 50.5 Å². The molecule has 3 rings (SSSR count). The molecule has 0 saturated carbocycles. The van der Waals surface area contributed by atoms with Gasteiger partial charge < -0.3 is 0 Å². The van der Waals surface area contributed by atoms with Gasteiger partial charge in [-0.2, -0.15) is 13.2 Å². The van der Waals surface area contributed by atoms with Gasteiger partial charge in [0.05, 0.1) is 5.56 Å². The molecule has 0 radical (unpaired) electrons. The van der Waals surface area contributed by atoms with Crippen LogP contribution in [-0.2, 0) is 25.4 Å². The highest BCUT2D eigenvalue weighted by molar-refractivity contribution is 5.28. The molecule has 1 nitrogen and oxygen atoms in total. The summed E-state index contributed by atoms with van der Waals surface area (Å²) in [5.41, 5.74) is 4.23. The molecule has 0 spiro atoms. The molecule has 1 unspecified atom stereocenters. The van der Waals surface area contributed by atoms with Crippen LogP contribution in [0.25, 0.3) is 0 Å². The first-order valence-electron chi connectivity index (χ1n) is 11.1. The molecule has 1 aliphatic carbocycles. The van der Waals surface area contributed by atoms with Crippen LogP contribution >= 0.6 is 0 Å². The molecule has 1 aliphatic rings. The van der Waals surface area contributed by atoms with E-state index in [2.05, 4.69) is 19.1 Å². The fourth-order valence-electron chi connectivity index (χ4n) is 4.39. The lowest BCUT2D eigenvalue weighted by molar-refractivity contribution is -0.137. The van der Waals surface area contributed by atoms with E-state index in [1.165, 1.54) is 48.3 Å². The summed E-state index contributed by atoms with van der Waals surface area (Å²) in [6.45, 7) is 2.06. The molecular weight excluding hydrogens is 371 g/mol. The lowest BCUT2D eigenvalue weighted by Crippen LogP contribution is -2.07. The molecule has 0 amide bonds. The zero-order chi connectivity index (χ0) is 20.7. The minimum Gasteiger partial charge on any atom is -0.258 e. The van der Waals surface area contributed by atoms with Gasteiger partial charge in [0.25, 0.3) is 0 Å². The summed E-state index contributed by atoms with van der Waals surface area (Å²) < 4.78 is 38.9. The Balaban J connectivity index is 1.40. The molecule has 1 atom stereocenters. The smallest absolute Gasteiger partial charge is 0.258 e. The van der Waals surface area contributed by atoms with Crippen LogP contribution in [0.3, 0.4) is 0 Å². The third kappa shape index (κ3) is 6.32. The Labute approximate surface area is 172 Å². The number of pyridine rings is 1. The third-order valence-corrected chi connectivity index (χ3v) is 6.15. The lowest BCUT2D eigenvalue weighted by Gasteiger charge is -2.17. The van der Waals surface area contributed by atoms with E-state index in [-0.39, 0.29) is 5.92 Å². The minimum atomic E-state index is -4.26. The molecular formula is C25H32F3N. The number of alkyl halides is 3. The maximum absolute atomic E-state index is 13.0. The van der Waals surface area contributed by atoms with Gasteiger partial charge in [0.15, 0.2) is 0 Å². The van der Waals surface area contributed by atoms with E-state index in [9.17, 15) is 13.2 Å². The quantitative estimate of drug-likeness (QED) is 0.392. The highest BCUT2D eigenvalue weighted by Gasteiger charge is 2.30. The molecule has 0 fully saturated rings. The molecule has 29 heavy (non-hydrogen) atoms. The summed E-state index contributed by atoms with van der Waals surface area (Å²) in [6, 6.07) is 10.3. The van der Waals surface area contributed by atoms with E-state index in [1.54, 1.807) is 0 Å². The summed E-state index contributed by atoms with van der Waals surface area (Å²) in [6.07, 6.45) is 7.90. The van der Waals surface area contributed by atoms with E-state index < -0.39 is 11.7 Å². The van der Waals surface area contributed by atoms with Crippen LogP contribution in [0.15, 0.2) is 36.4 Å². The van der Waals surface area contributed by atoms with E-state index in [4.69, 9.17) is 4.98 Å². The van der Waals surface area contributed by atoms with Crippen molar-refractivity contribution in [3.8, 4) is 0 Å². The third-order valence-electron chi connectivity index (χ3n) is 6.15. The lowest BCUT2D eigenvalue weighted by atomic mass is 9.89. The maximum Gasteiger partial charge on any atom is 0.416 e. The molecule has 2 aromatic rings. The SMILES string of the molecule is CCC(CCCCCCc1ccc2c(n1)CCCC2)c1cccc(C(F)(F)F)c1. The monoisotopic (exact) mass is 403 g/mol. The summed E-state index contributed by atoms with van der Waals surface area (Å²) in [5.74, 6) is 0.208. The number of hydrogen-bond acceptors (Lipinski definition) is 1. The van der Waals surface area contributed by atoms with Crippen molar-refractivity contribution in [1.29, 1.82) is 0 Å². The molecule has 0 saturated heterocycles. The van der Waals surface area contributed by atoms with Crippen molar-refractivity contribution in [2.24, 2.45) is 0 Å². The number of hydrogen-bond donors (Lipinski definition) is 0. The Morgan fingerprint density at radius 1 is 0.966 bits per heavy atom. The number of aromatic nitrogens is 1. The maximum atomic E-state index is 13.0. The van der Waals surface area contributed by atoms with Crippen LogP contribution in [0.5, 0.6) is 0 Å². The molecule has 1 aromatic heterocycles. The summed E-state index contributed by atoms with van der Waals surface area (Å²) >= 11 is 0. The molecule has 158 valence electrons. The fourth-order valence-corrected chi connectivity index (χ4v) is 4.39. The van der Waals surface area contributed by atoms with Gasteiger partial charge in [-0.25, -0.2) is 0 Å². The zero-order valence-electron chi connectivity index (χ0n) is 17.4. The van der Waals surface area contributed by atoms with Crippen LogP contribution in [0.1, 0.15) is 92.3 Å². The summed E-state index contributed by atoms with van der Waals surface area (Å²) in [5, 5.41) is 0. The first-order valence-corrected chi connectivity index (χ1v) is 11.1. The fraction of sp³-hybridized carbons (Fsp3) is 0.560. The number of unbranched alkanes of at least 4 members (excludes halogenated alkanes) is 3. The second-order valence-electron chi connectivity index (χ2n) is 8.30. The molecule has 4 heteroatoms. The van der Waals surface area contributed by atoms with Crippen LogP contribution in [0.4, 0.5) is 13.2 Å². The van der Waals surface area contributed by atoms with E-state index in [1.807, 2.05) is 6.07 Å². The second kappa shape index (κ2) is 10.3. The normalized spacial score (nSPS) is 15.2. The largest absolute Gasteiger partial charge is 0.416 e. The van der Waals surface area contributed by atoms with Crippen molar-refractivity contribution in [2.75, 3.05) is 0 Å². The number of aryl methyl sites for hydroxylation is 3. The Hall–Kier alpha value is -1.84. The van der Waals surface area contributed by atoms with Gasteiger partial charge in [-0.3, -0.25) is 4.98 Å². The zero-order valence-corrected chi connectivity index (χ0v) is 17.4. The average molecular weight is 404 g/mol. The first kappa shape index (κ1) is 21.9. The molecule has 0 N–H and O–H groups in total. The molecule has 1 heterocycles. The van der Waals surface area contributed by atoms with Crippen molar-refractivity contribution in [3.05, 3.63) is 64.5 Å². The van der Waals surface area contributed by atoms with Crippen molar-refractivity contribution in [1.82, 2.24) is 4.98 Å². The second-order valence-corrected chi connectivity index (χ2v) is 8.30. The Morgan fingerprint density at radius 2 is 1.76 bits per heavy atom. The van der Waals surface area contributed by atoms with Gasteiger partial charge in [-0.05, 0) is 80.5 Å². The van der Waals surface area contributed by atoms with E-state index in [0.717, 1.165) is 63.0 Å². The van der Waals surface area contributed by atoms with Crippen LogP contribution in [0, 0.1) is 0 Å². The Bertz CT molecular complexity index is 782. The van der Waals surface area contributed by atoms with Gasteiger partial charge >= 0.3 is 6.18 Å². The predicted molar refractivity (Wildman–Crippen MR) is 112 cm³/mol. The molecule has 0 aliphatic heterocycles. The Morgan fingerprint density at radius 3 is 2.55 bits per heavy atom. The number of benzene rings is 1. The predicted octanol–water partition coefficient (Wildman–Crippen LogP) is 7.67. The highest BCUT2D eigenvalue weighted by Crippen LogP contribution is 2.33. The van der Waals surface area contributed by atoms with Gasteiger partial charge in [0.2, 0.25) is 0 Å². The van der Waals surface area contributed by atoms with E-state index >= 15 is 0 Å². The summed E-state index contributed by atoms with van der Waals surface area (Å²) in [4.78, 5) is 4.85. The van der Waals surface area contributed by atoms with Gasteiger partial charge in [-0.15, -0.1) is 0 Å². The number of fused-ring (bicyclic) bond motifs is 1. The number of rotatable bonds is 9. The summed E-state index contributed by atoms with van der Waals surface area (Å²) in [7, 11) is 0. The van der Waals surface area contributed by atoms with Crippen molar-refractivity contribution in [2.45, 2.75) is 89.6 Å². The topological polar surface area (TPSA) is 12.9 Å². The highest BCUT2D eigenvalue weighted by atomic mass is 19.4. The molecule has 0 bridgehead atoms. The molecule has 1 aromatic carbocycles. The van der Waals surface area contributed by atoms with Crippen molar-refractivity contribution in [3.63, 3.8) is 0 Å². The van der Waals surface area contributed by atoms with Crippen LogP contribution in [0.2, 0.25) is 0 Å². The Kier molecular flexibility index (Phi) is 7.74. The standard InChI is InChI=1S/C25H32F3N/c1-2-19(21-12-9-13-22(18-21)25(26,27)28)10-5-3-4-6-14-23-17-16-20-11-7-8-15-24(20)29-23/h9,12-13,16-19H,2-8,10-11,14-15H2,1H3. The van der Waals surface area contributed by atoms with Crippen molar-refractivity contribution < 1.29 is 13.2 Å². The van der Waals surface area contributed by atoms with Crippen molar-refractivity contribution >= 4 is 0 Å². The minimum absolute atomic E-state index is 0.208. The first-order chi connectivity index (χ1) is 14.0. The van der Waals surface area contributed by atoms with Crippen LogP contribution in [-0.4, -0.2) is 4.98 Å². The van der Waals surface area contributed by atoms with Gasteiger partial charge in [0.1, 0.15) is 0 Å². The average Bonchev–Trinajstić information content (AvgIpc) is 2.72.